The Balaban J connectivity index is 2.20. The maximum Gasteiger partial charge on any atom is 0.150 e. The van der Waals surface area contributed by atoms with Crippen molar-refractivity contribution in [3.8, 4) is 0 Å². The first-order valence-corrected chi connectivity index (χ1v) is 7.88. The molecule has 0 bridgehead atoms. The lowest BCUT2D eigenvalue weighted by molar-refractivity contribution is 0.474. The summed E-state index contributed by atoms with van der Waals surface area (Å²) in [5.74, 6) is 0.815. The molecular formula is C12H16ClNO2S. The maximum atomic E-state index is 11.5. The minimum Gasteiger partial charge on any atom is -0.330 e. The molecule has 0 radical (unpaired) electrons. The molecule has 0 saturated carbocycles. The van der Waals surface area contributed by atoms with Gasteiger partial charge < -0.3 is 5.73 Å². The molecule has 5 heteroatoms. The summed E-state index contributed by atoms with van der Waals surface area (Å²) in [5, 5.41) is 0.684. The van der Waals surface area contributed by atoms with E-state index in [1.54, 1.807) is 0 Å². The van der Waals surface area contributed by atoms with Crippen molar-refractivity contribution in [2.24, 2.45) is 11.7 Å². The van der Waals surface area contributed by atoms with Crippen molar-refractivity contribution in [2.45, 2.75) is 12.3 Å². The molecule has 1 aliphatic heterocycles. The Morgan fingerprint density at radius 1 is 1.35 bits per heavy atom. The van der Waals surface area contributed by atoms with Gasteiger partial charge in [-0.1, -0.05) is 23.7 Å². The van der Waals surface area contributed by atoms with Gasteiger partial charge in [-0.3, -0.25) is 0 Å². The molecule has 1 aromatic carbocycles. The van der Waals surface area contributed by atoms with E-state index in [1.807, 2.05) is 24.3 Å². The summed E-state index contributed by atoms with van der Waals surface area (Å²) in [5.41, 5.74) is 6.87. The quantitative estimate of drug-likeness (QED) is 0.914. The van der Waals surface area contributed by atoms with Crippen LogP contribution >= 0.6 is 11.6 Å². The second-order valence-electron chi connectivity index (χ2n) is 4.56. The molecule has 0 aromatic heterocycles. The van der Waals surface area contributed by atoms with Crippen molar-refractivity contribution in [1.82, 2.24) is 0 Å². The van der Waals surface area contributed by atoms with Crippen LogP contribution in [0.2, 0.25) is 5.02 Å². The van der Waals surface area contributed by atoms with Crippen LogP contribution in [0.1, 0.15) is 17.9 Å². The van der Waals surface area contributed by atoms with Gasteiger partial charge in [0, 0.05) is 5.02 Å². The van der Waals surface area contributed by atoms with Gasteiger partial charge in [0.05, 0.1) is 11.5 Å². The summed E-state index contributed by atoms with van der Waals surface area (Å²) in [6.07, 6.45) is 0.715. The van der Waals surface area contributed by atoms with Crippen LogP contribution in [0.4, 0.5) is 0 Å². The van der Waals surface area contributed by atoms with E-state index in [9.17, 15) is 8.42 Å². The first kappa shape index (κ1) is 12.9. The third-order valence-corrected chi connectivity index (χ3v) is 5.43. The zero-order valence-corrected chi connectivity index (χ0v) is 11.0. The fourth-order valence-corrected chi connectivity index (χ4v) is 4.46. The molecule has 17 heavy (non-hydrogen) atoms. The Bertz CT molecular complexity index is 484. The van der Waals surface area contributed by atoms with Gasteiger partial charge >= 0.3 is 0 Å². The highest BCUT2D eigenvalue weighted by atomic mass is 35.5. The summed E-state index contributed by atoms with van der Waals surface area (Å²) in [7, 11) is -2.85. The van der Waals surface area contributed by atoms with Crippen LogP contribution in [0, 0.1) is 5.92 Å². The summed E-state index contributed by atoms with van der Waals surface area (Å²) in [6, 6.07) is 7.52. The van der Waals surface area contributed by atoms with E-state index in [-0.39, 0.29) is 17.6 Å². The number of benzene rings is 1. The Morgan fingerprint density at radius 3 is 2.47 bits per heavy atom. The molecule has 1 aliphatic rings. The van der Waals surface area contributed by atoms with E-state index in [2.05, 4.69) is 0 Å². The van der Waals surface area contributed by atoms with E-state index in [4.69, 9.17) is 17.3 Å². The largest absolute Gasteiger partial charge is 0.330 e. The number of nitrogens with two attached hydrogens (primary N) is 1. The van der Waals surface area contributed by atoms with Crippen molar-refractivity contribution in [3.05, 3.63) is 34.9 Å². The van der Waals surface area contributed by atoms with Crippen molar-refractivity contribution in [2.75, 3.05) is 18.1 Å². The van der Waals surface area contributed by atoms with Gasteiger partial charge in [-0.2, -0.15) is 0 Å². The molecule has 1 heterocycles. The van der Waals surface area contributed by atoms with E-state index in [1.165, 1.54) is 0 Å². The highest BCUT2D eigenvalue weighted by molar-refractivity contribution is 7.91. The van der Waals surface area contributed by atoms with Crippen LogP contribution in [-0.2, 0) is 9.84 Å². The predicted octanol–water partition coefficient (Wildman–Crippen LogP) is 1.82. The first-order valence-electron chi connectivity index (χ1n) is 5.68. The molecule has 0 amide bonds. The second kappa shape index (κ2) is 4.96. The topological polar surface area (TPSA) is 60.2 Å². The highest BCUT2D eigenvalue weighted by Gasteiger charge is 2.33. The number of halogens is 1. The van der Waals surface area contributed by atoms with Crippen LogP contribution in [-0.4, -0.2) is 26.5 Å². The van der Waals surface area contributed by atoms with Gasteiger partial charge in [-0.05, 0) is 42.5 Å². The maximum absolute atomic E-state index is 11.5. The molecule has 2 unspecified atom stereocenters. The molecule has 2 rings (SSSR count). The second-order valence-corrected chi connectivity index (χ2v) is 7.22. The third kappa shape index (κ3) is 3.00. The SMILES string of the molecule is NCC(c1ccc(Cl)cc1)C1CCS(=O)(=O)C1. The monoisotopic (exact) mass is 273 g/mol. The smallest absolute Gasteiger partial charge is 0.150 e. The Hall–Kier alpha value is -0.580. The molecule has 94 valence electrons. The molecular weight excluding hydrogens is 258 g/mol. The lowest BCUT2D eigenvalue weighted by Crippen LogP contribution is -2.22. The van der Waals surface area contributed by atoms with Crippen LogP contribution in [0.3, 0.4) is 0 Å². The third-order valence-electron chi connectivity index (χ3n) is 3.39. The fraction of sp³-hybridized carbons (Fsp3) is 0.500. The van der Waals surface area contributed by atoms with E-state index in [0.29, 0.717) is 23.7 Å². The lowest BCUT2D eigenvalue weighted by Gasteiger charge is -2.21. The zero-order valence-electron chi connectivity index (χ0n) is 9.47. The average Bonchev–Trinajstić information content (AvgIpc) is 2.63. The van der Waals surface area contributed by atoms with Gasteiger partial charge in [0.15, 0.2) is 9.84 Å². The molecule has 1 aromatic rings. The lowest BCUT2D eigenvalue weighted by atomic mass is 9.86. The number of sulfone groups is 1. The molecule has 3 nitrogen and oxygen atoms in total. The van der Waals surface area contributed by atoms with E-state index < -0.39 is 9.84 Å². The number of hydrogen-bond acceptors (Lipinski definition) is 3. The molecule has 1 saturated heterocycles. The Labute approximate surface area is 107 Å². The Kier molecular flexibility index (Phi) is 3.76. The van der Waals surface area contributed by atoms with Crippen LogP contribution in [0.5, 0.6) is 0 Å². The van der Waals surface area contributed by atoms with Crippen molar-refractivity contribution in [3.63, 3.8) is 0 Å². The minimum atomic E-state index is -2.85. The van der Waals surface area contributed by atoms with E-state index in [0.717, 1.165) is 5.56 Å². The normalized spacial score (nSPS) is 24.7. The Morgan fingerprint density at radius 2 is 2.00 bits per heavy atom. The highest BCUT2D eigenvalue weighted by Crippen LogP contribution is 2.32. The van der Waals surface area contributed by atoms with Crippen LogP contribution in [0.15, 0.2) is 24.3 Å². The van der Waals surface area contributed by atoms with Crippen molar-refractivity contribution >= 4 is 21.4 Å². The van der Waals surface area contributed by atoms with E-state index >= 15 is 0 Å². The zero-order chi connectivity index (χ0) is 12.5. The summed E-state index contributed by atoms with van der Waals surface area (Å²) in [4.78, 5) is 0. The van der Waals surface area contributed by atoms with Gasteiger partial charge in [-0.25, -0.2) is 8.42 Å². The van der Waals surface area contributed by atoms with Crippen molar-refractivity contribution in [1.29, 1.82) is 0 Å². The molecule has 2 atom stereocenters. The first-order chi connectivity index (χ1) is 8.02. The molecule has 0 aliphatic carbocycles. The van der Waals surface area contributed by atoms with Crippen molar-refractivity contribution < 1.29 is 8.42 Å². The van der Waals surface area contributed by atoms with Gasteiger partial charge in [0.25, 0.3) is 0 Å². The number of rotatable bonds is 3. The molecule has 1 fully saturated rings. The standard InChI is InChI=1S/C12H16ClNO2S/c13-11-3-1-9(2-4-11)12(7-14)10-5-6-17(15,16)8-10/h1-4,10,12H,5-8,14H2. The summed E-state index contributed by atoms with van der Waals surface area (Å²) < 4.78 is 23.0. The predicted molar refractivity (Wildman–Crippen MR) is 70.0 cm³/mol. The van der Waals surface area contributed by atoms with Crippen LogP contribution in [0.25, 0.3) is 0 Å². The summed E-state index contributed by atoms with van der Waals surface area (Å²) in [6.45, 7) is 0.474. The van der Waals surface area contributed by atoms with Gasteiger partial charge in [0.1, 0.15) is 0 Å². The van der Waals surface area contributed by atoms with Crippen LogP contribution < -0.4 is 5.73 Å². The molecule has 2 N–H and O–H groups in total. The molecule has 0 spiro atoms. The van der Waals surface area contributed by atoms with Gasteiger partial charge in [0.2, 0.25) is 0 Å². The fourth-order valence-electron chi connectivity index (χ4n) is 2.45. The average molecular weight is 274 g/mol. The number of hydrogen-bond donors (Lipinski definition) is 1. The summed E-state index contributed by atoms with van der Waals surface area (Å²) >= 11 is 5.84. The van der Waals surface area contributed by atoms with Gasteiger partial charge in [-0.15, -0.1) is 0 Å². The minimum absolute atomic E-state index is 0.115.